The smallest absolute Gasteiger partial charge is 0.416 e. The number of aromatic nitrogens is 3. The first kappa shape index (κ1) is 29.4. The molecule has 41 heavy (non-hydrogen) atoms. The van der Waals surface area contributed by atoms with Crippen LogP contribution in [0.25, 0.3) is 5.69 Å². The van der Waals surface area contributed by atoms with Crippen LogP contribution in [0.1, 0.15) is 21.7 Å². The molecule has 2 amide bonds. The molecule has 2 N–H and O–H groups in total. The number of methoxy groups -OCH3 is 2. The molecule has 4 rings (SSSR count). The van der Waals surface area contributed by atoms with Gasteiger partial charge in [0, 0.05) is 11.3 Å². The first-order valence-electron chi connectivity index (χ1n) is 11.9. The van der Waals surface area contributed by atoms with E-state index in [4.69, 9.17) is 9.47 Å². The van der Waals surface area contributed by atoms with Gasteiger partial charge in [-0.15, -0.1) is 10.2 Å². The zero-order valence-electron chi connectivity index (χ0n) is 21.7. The highest BCUT2D eigenvalue weighted by atomic mass is 32.2. The summed E-state index contributed by atoms with van der Waals surface area (Å²) in [6.07, 6.45) is -4.60. The van der Waals surface area contributed by atoms with Crippen LogP contribution in [0.2, 0.25) is 0 Å². The Kier molecular flexibility index (Phi) is 9.12. The monoisotopic (exact) mass is 589 g/mol. The molecule has 1 aromatic heterocycles. The van der Waals surface area contributed by atoms with E-state index in [-0.39, 0.29) is 34.5 Å². The minimum Gasteiger partial charge on any atom is -0.493 e. The Morgan fingerprint density at radius 1 is 0.951 bits per heavy atom. The van der Waals surface area contributed by atoms with Crippen molar-refractivity contribution in [1.82, 2.24) is 20.1 Å². The summed E-state index contributed by atoms with van der Waals surface area (Å²) in [6, 6.07) is 14.2. The number of thioether (sulfide) groups is 1. The molecule has 0 aliphatic rings. The number of rotatable bonds is 10. The summed E-state index contributed by atoms with van der Waals surface area (Å²) < 4.78 is 65.2. The van der Waals surface area contributed by atoms with Gasteiger partial charge in [-0.2, -0.15) is 13.2 Å². The number of hydrogen-bond acceptors (Lipinski definition) is 7. The Hall–Kier alpha value is -4.59. The van der Waals surface area contributed by atoms with E-state index in [1.54, 1.807) is 6.07 Å². The number of ether oxygens (including phenoxy) is 2. The van der Waals surface area contributed by atoms with E-state index in [1.807, 2.05) is 0 Å². The molecule has 14 heteroatoms. The van der Waals surface area contributed by atoms with Crippen LogP contribution in [0.15, 0.2) is 71.9 Å². The van der Waals surface area contributed by atoms with Gasteiger partial charge in [0.05, 0.1) is 37.8 Å². The predicted octanol–water partition coefficient (Wildman–Crippen LogP) is 5.10. The van der Waals surface area contributed by atoms with E-state index in [2.05, 4.69) is 20.8 Å². The zero-order chi connectivity index (χ0) is 29.6. The molecular weight excluding hydrogens is 566 g/mol. The van der Waals surface area contributed by atoms with Crippen molar-refractivity contribution in [3.63, 3.8) is 0 Å². The van der Waals surface area contributed by atoms with Crippen LogP contribution >= 0.6 is 11.8 Å². The summed E-state index contributed by atoms with van der Waals surface area (Å²) >= 11 is 0.925. The molecule has 3 aromatic carbocycles. The number of benzene rings is 3. The Labute approximate surface area is 235 Å². The lowest BCUT2D eigenvalue weighted by Crippen LogP contribution is -2.25. The second-order valence-electron chi connectivity index (χ2n) is 8.38. The fourth-order valence-electron chi connectivity index (χ4n) is 3.69. The molecular formula is C27H23F4N5O4S. The van der Waals surface area contributed by atoms with Crippen LogP contribution in [-0.4, -0.2) is 46.6 Å². The molecule has 0 atom stereocenters. The lowest BCUT2D eigenvalue weighted by Gasteiger charge is -2.14. The fourth-order valence-corrected chi connectivity index (χ4v) is 4.46. The minimum absolute atomic E-state index is 0.0848. The number of nitrogens with one attached hydrogen (secondary N) is 2. The van der Waals surface area contributed by atoms with Crippen molar-refractivity contribution in [2.24, 2.45) is 0 Å². The number of anilines is 1. The van der Waals surface area contributed by atoms with Crippen molar-refractivity contribution in [2.75, 3.05) is 25.3 Å². The van der Waals surface area contributed by atoms with E-state index >= 15 is 0 Å². The Balaban J connectivity index is 1.57. The molecule has 0 aliphatic carbocycles. The topological polar surface area (TPSA) is 107 Å². The third-order valence-corrected chi connectivity index (χ3v) is 6.57. The maximum absolute atomic E-state index is 13.5. The Morgan fingerprint density at radius 2 is 1.68 bits per heavy atom. The van der Waals surface area contributed by atoms with Gasteiger partial charge >= 0.3 is 6.18 Å². The molecule has 0 saturated carbocycles. The highest BCUT2D eigenvalue weighted by molar-refractivity contribution is 7.99. The number of carbonyl (C=O) groups is 2. The van der Waals surface area contributed by atoms with E-state index in [0.717, 1.165) is 23.9 Å². The predicted molar refractivity (Wildman–Crippen MR) is 143 cm³/mol. The van der Waals surface area contributed by atoms with E-state index in [0.29, 0.717) is 17.2 Å². The summed E-state index contributed by atoms with van der Waals surface area (Å²) in [6.45, 7) is -0.196. The van der Waals surface area contributed by atoms with E-state index in [9.17, 15) is 27.2 Å². The van der Waals surface area contributed by atoms with Gasteiger partial charge in [-0.05, 0) is 60.7 Å². The van der Waals surface area contributed by atoms with Gasteiger partial charge in [0.15, 0.2) is 22.5 Å². The molecule has 0 bridgehead atoms. The summed E-state index contributed by atoms with van der Waals surface area (Å²) in [7, 11) is 2.89. The molecule has 1 heterocycles. The van der Waals surface area contributed by atoms with Gasteiger partial charge in [0.25, 0.3) is 5.91 Å². The third-order valence-electron chi connectivity index (χ3n) is 5.65. The Morgan fingerprint density at radius 3 is 2.37 bits per heavy atom. The second kappa shape index (κ2) is 12.7. The normalized spacial score (nSPS) is 11.2. The van der Waals surface area contributed by atoms with Gasteiger partial charge < -0.3 is 20.1 Å². The summed E-state index contributed by atoms with van der Waals surface area (Å²) in [4.78, 5) is 25.3. The van der Waals surface area contributed by atoms with Crippen LogP contribution in [-0.2, 0) is 17.5 Å². The highest BCUT2D eigenvalue weighted by Crippen LogP contribution is 2.32. The van der Waals surface area contributed by atoms with Gasteiger partial charge in [-0.1, -0.05) is 17.8 Å². The summed E-state index contributed by atoms with van der Waals surface area (Å²) in [5.41, 5.74) is -0.189. The first-order valence-corrected chi connectivity index (χ1v) is 12.9. The van der Waals surface area contributed by atoms with Crippen molar-refractivity contribution in [3.05, 3.63) is 89.5 Å². The number of alkyl halides is 3. The lowest BCUT2D eigenvalue weighted by atomic mass is 10.2. The van der Waals surface area contributed by atoms with Crippen molar-refractivity contribution in [1.29, 1.82) is 0 Å². The summed E-state index contributed by atoms with van der Waals surface area (Å²) in [5.74, 6) is -0.701. The van der Waals surface area contributed by atoms with Gasteiger partial charge in [0.2, 0.25) is 5.91 Å². The van der Waals surface area contributed by atoms with Crippen molar-refractivity contribution >= 4 is 29.3 Å². The third kappa shape index (κ3) is 7.33. The molecule has 214 valence electrons. The molecule has 9 nitrogen and oxygen atoms in total. The zero-order valence-corrected chi connectivity index (χ0v) is 22.5. The fraction of sp³-hybridized carbons (Fsp3) is 0.185. The van der Waals surface area contributed by atoms with Crippen LogP contribution in [0.4, 0.5) is 23.2 Å². The molecule has 0 fully saturated rings. The number of amides is 2. The maximum Gasteiger partial charge on any atom is 0.416 e. The molecule has 4 aromatic rings. The molecule has 0 spiro atoms. The highest BCUT2D eigenvalue weighted by Gasteiger charge is 2.31. The SMILES string of the molecule is COc1ccc(C(=O)NCc2nnc(SCC(=O)Nc3ccc(F)cc3)n2-c2cccc(C(F)(F)F)c2)cc1OC. The molecule has 0 saturated heterocycles. The quantitative estimate of drug-likeness (QED) is 0.196. The van der Waals surface area contributed by atoms with Crippen LogP contribution < -0.4 is 20.1 Å². The lowest BCUT2D eigenvalue weighted by molar-refractivity contribution is -0.137. The molecule has 0 radical (unpaired) electrons. The molecule has 0 aliphatic heterocycles. The van der Waals surface area contributed by atoms with Gasteiger partial charge in [0.1, 0.15) is 5.82 Å². The standard InChI is InChI=1S/C27H23F4N5O4S/c1-39-21-11-6-16(12-22(21)40-2)25(38)32-14-23-34-35-26(36(23)20-5-3-4-17(13-20)27(29,30)31)41-15-24(37)33-19-9-7-18(28)8-10-19/h3-13H,14-15H2,1-2H3,(H,32,38)(H,33,37). The average Bonchev–Trinajstić information content (AvgIpc) is 3.38. The first-order chi connectivity index (χ1) is 19.6. The second-order valence-corrected chi connectivity index (χ2v) is 9.32. The van der Waals surface area contributed by atoms with Crippen molar-refractivity contribution < 1.29 is 36.6 Å². The van der Waals surface area contributed by atoms with Crippen LogP contribution in [0.3, 0.4) is 0 Å². The van der Waals surface area contributed by atoms with Crippen LogP contribution in [0.5, 0.6) is 11.5 Å². The van der Waals surface area contributed by atoms with E-state index < -0.39 is 29.4 Å². The number of carbonyl (C=O) groups excluding carboxylic acids is 2. The van der Waals surface area contributed by atoms with E-state index in [1.165, 1.54) is 67.3 Å². The number of halogens is 4. The molecule has 0 unspecified atom stereocenters. The summed E-state index contributed by atoms with van der Waals surface area (Å²) in [5, 5.41) is 13.5. The van der Waals surface area contributed by atoms with Gasteiger partial charge in [-0.25, -0.2) is 4.39 Å². The average molecular weight is 590 g/mol. The van der Waals surface area contributed by atoms with Crippen molar-refractivity contribution in [3.8, 4) is 17.2 Å². The maximum atomic E-state index is 13.5. The van der Waals surface area contributed by atoms with Gasteiger partial charge in [-0.3, -0.25) is 14.2 Å². The largest absolute Gasteiger partial charge is 0.493 e. The van der Waals surface area contributed by atoms with Crippen LogP contribution in [0, 0.1) is 5.82 Å². The Bertz CT molecular complexity index is 1540. The minimum atomic E-state index is -4.60. The van der Waals surface area contributed by atoms with Crippen molar-refractivity contribution in [2.45, 2.75) is 17.9 Å². The number of hydrogen-bond donors (Lipinski definition) is 2. The number of nitrogens with zero attached hydrogens (tertiary/aromatic N) is 3.